The number of hydrogen-bond acceptors (Lipinski definition) is 3. The Morgan fingerprint density at radius 1 is 1.50 bits per heavy atom. The van der Waals surface area contributed by atoms with Gasteiger partial charge in [0, 0.05) is 16.0 Å². The van der Waals surface area contributed by atoms with Gasteiger partial charge in [-0.25, -0.2) is 4.98 Å². The molecule has 3 nitrogen and oxygen atoms in total. The van der Waals surface area contributed by atoms with Crippen LogP contribution in [0, 0.1) is 12.3 Å². The van der Waals surface area contributed by atoms with Crippen LogP contribution in [0.1, 0.15) is 25.0 Å². The van der Waals surface area contributed by atoms with Gasteiger partial charge in [-0.05, 0) is 41.8 Å². The summed E-state index contributed by atoms with van der Waals surface area (Å²) in [5.74, 6) is 0.639. The quantitative estimate of drug-likeness (QED) is 0.925. The van der Waals surface area contributed by atoms with Crippen LogP contribution in [-0.2, 0) is 0 Å². The SMILES string of the molecule is Cc1nc(OCC2(CO)CCC2)ccc1Br. The van der Waals surface area contributed by atoms with E-state index in [2.05, 4.69) is 20.9 Å². The van der Waals surface area contributed by atoms with Gasteiger partial charge in [-0.2, -0.15) is 0 Å². The molecule has 0 spiro atoms. The van der Waals surface area contributed by atoms with Crippen molar-refractivity contribution in [1.29, 1.82) is 0 Å². The lowest BCUT2D eigenvalue weighted by molar-refractivity contribution is -0.00131. The van der Waals surface area contributed by atoms with E-state index in [0.717, 1.165) is 23.0 Å². The second kappa shape index (κ2) is 4.72. The molecule has 88 valence electrons. The molecule has 1 aromatic heterocycles. The minimum atomic E-state index is -0.0113. The molecule has 0 unspecified atom stereocenters. The molecule has 1 aliphatic rings. The number of halogens is 1. The van der Waals surface area contributed by atoms with Crippen LogP contribution in [0.15, 0.2) is 16.6 Å². The summed E-state index contributed by atoms with van der Waals surface area (Å²) in [6, 6.07) is 3.78. The van der Waals surface area contributed by atoms with Gasteiger partial charge in [0.2, 0.25) is 5.88 Å². The third-order valence-electron chi connectivity index (χ3n) is 3.27. The number of aliphatic hydroxyl groups excluding tert-OH is 1. The molecular formula is C12H16BrNO2. The molecule has 1 N–H and O–H groups in total. The Kier molecular flexibility index (Phi) is 3.50. The first-order valence-corrected chi connectivity index (χ1v) is 6.31. The number of hydrogen-bond donors (Lipinski definition) is 1. The second-order valence-corrected chi connectivity index (χ2v) is 5.37. The average Bonchev–Trinajstić information content (AvgIpc) is 2.22. The van der Waals surface area contributed by atoms with Crippen LogP contribution >= 0.6 is 15.9 Å². The number of ether oxygens (including phenoxy) is 1. The molecule has 1 heterocycles. The topological polar surface area (TPSA) is 42.4 Å². The van der Waals surface area contributed by atoms with Crippen molar-refractivity contribution in [3.05, 3.63) is 22.3 Å². The largest absolute Gasteiger partial charge is 0.477 e. The van der Waals surface area contributed by atoms with E-state index >= 15 is 0 Å². The molecule has 0 aromatic carbocycles. The Hall–Kier alpha value is -0.610. The average molecular weight is 286 g/mol. The molecule has 16 heavy (non-hydrogen) atoms. The molecular weight excluding hydrogens is 270 g/mol. The molecule has 1 aromatic rings. The third-order valence-corrected chi connectivity index (χ3v) is 4.11. The summed E-state index contributed by atoms with van der Waals surface area (Å²) < 4.78 is 6.63. The highest BCUT2D eigenvalue weighted by molar-refractivity contribution is 9.10. The van der Waals surface area contributed by atoms with Crippen LogP contribution in [0.4, 0.5) is 0 Å². The highest BCUT2D eigenvalue weighted by Crippen LogP contribution is 2.40. The number of aliphatic hydroxyl groups is 1. The van der Waals surface area contributed by atoms with E-state index in [4.69, 9.17) is 4.74 Å². The molecule has 0 aliphatic heterocycles. The van der Waals surface area contributed by atoms with Gasteiger partial charge in [-0.1, -0.05) is 6.42 Å². The zero-order chi connectivity index (χ0) is 11.6. The lowest BCUT2D eigenvalue weighted by atomic mass is 9.70. The van der Waals surface area contributed by atoms with Gasteiger partial charge in [0.05, 0.1) is 18.9 Å². The minimum absolute atomic E-state index is 0.0113. The number of rotatable bonds is 4. The minimum Gasteiger partial charge on any atom is -0.477 e. The molecule has 1 saturated carbocycles. The first-order chi connectivity index (χ1) is 7.65. The van der Waals surface area contributed by atoms with Gasteiger partial charge >= 0.3 is 0 Å². The fourth-order valence-corrected chi connectivity index (χ4v) is 2.07. The van der Waals surface area contributed by atoms with Crippen molar-refractivity contribution in [2.45, 2.75) is 26.2 Å². The van der Waals surface area contributed by atoms with Gasteiger partial charge in [0.25, 0.3) is 0 Å². The molecule has 1 aliphatic carbocycles. The van der Waals surface area contributed by atoms with E-state index in [1.807, 2.05) is 19.1 Å². The molecule has 0 amide bonds. The van der Waals surface area contributed by atoms with E-state index in [-0.39, 0.29) is 12.0 Å². The summed E-state index contributed by atoms with van der Waals surface area (Å²) in [5.41, 5.74) is 0.909. The number of pyridine rings is 1. The van der Waals surface area contributed by atoms with Crippen LogP contribution in [0.25, 0.3) is 0 Å². The van der Waals surface area contributed by atoms with Gasteiger partial charge in [-0.15, -0.1) is 0 Å². The van der Waals surface area contributed by atoms with Gasteiger partial charge < -0.3 is 9.84 Å². The van der Waals surface area contributed by atoms with Crippen molar-refractivity contribution in [2.75, 3.05) is 13.2 Å². The van der Waals surface area contributed by atoms with Crippen LogP contribution in [0.2, 0.25) is 0 Å². The lowest BCUT2D eigenvalue weighted by Crippen LogP contribution is -2.39. The zero-order valence-corrected chi connectivity index (χ0v) is 11.0. The Balaban J connectivity index is 1.96. The maximum absolute atomic E-state index is 9.31. The normalized spacial score (nSPS) is 17.9. The van der Waals surface area contributed by atoms with Gasteiger partial charge in [0.15, 0.2) is 0 Å². The summed E-state index contributed by atoms with van der Waals surface area (Å²) in [6.07, 6.45) is 3.30. The number of aromatic nitrogens is 1. The Labute approximate surface area is 104 Å². The first kappa shape index (κ1) is 11.9. The second-order valence-electron chi connectivity index (χ2n) is 4.52. The Morgan fingerprint density at radius 2 is 2.25 bits per heavy atom. The maximum Gasteiger partial charge on any atom is 0.213 e. The highest BCUT2D eigenvalue weighted by atomic mass is 79.9. The van der Waals surface area contributed by atoms with Crippen molar-refractivity contribution in [1.82, 2.24) is 4.98 Å². The fourth-order valence-electron chi connectivity index (χ4n) is 1.85. The van der Waals surface area contributed by atoms with Crippen LogP contribution < -0.4 is 4.74 Å². The predicted octanol–water partition coefficient (Wildman–Crippen LogP) is 2.69. The summed E-state index contributed by atoms with van der Waals surface area (Å²) in [5, 5.41) is 9.31. The summed E-state index contributed by atoms with van der Waals surface area (Å²) in [6.45, 7) is 2.71. The monoisotopic (exact) mass is 285 g/mol. The molecule has 0 atom stereocenters. The smallest absolute Gasteiger partial charge is 0.213 e. The summed E-state index contributed by atoms with van der Waals surface area (Å²) in [7, 11) is 0. The maximum atomic E-state index is 9.31. The number of aryl methyl sites for hydroxylation is 1. The molecule has 1 fully saturated rings. The molecule has 4 heteroatoms. The van der Waals surface area contributed by atoms with E-state index in [1.54, 1.807) is 0 Å². The van der Waals surface area contributed by atoms with Crippen molar-refractivity contribution in [3.63, 3.8) is 0 Å². The molecule has 0 radical (unpaired) electrons. The molecule has 2 rings (SSSR count). The van der Waals surface area contributed by atoms with E-state index < -0.39 is 0 Å². The van der Waals surface area contributed by atoms with Gasteiger partial charge in [-0.3, -0.25) is 0 Å². The predicted molar refractivity (Wildman–Crippen MR) is 65.5 cm³/mol. The summed E-state index contributed by atoms with van der Waals surface area (Å²) in [4.78, 5) is 4.32. The van der Waals surface area contributed by atoms with Gasteiger partial charge in [0.1, 0.15) is 0 Å². The van der Waals surface area contributed by atoms with Crippen LogP contribution in [-0.4, -0.2) is 23.3 Å². The first-order valence-electron chi connectivity index (χ1n) is 5.52. The molecule has 0 bridgehead atoms. The standard InChI is InChI=1S/C12H16BrNO2/c1-9-10(13)3-4-11(14-9)16-8-12(7-15)5-2-6-12/h3-4,15H,2,5-8H2,1H3. The van der Waals surface area contributed by atoms with Crippen molar-refractivity contribution >= 4 is 15.9 Å². The third kappa shape index (κ3) is 2.38. The Morgan fingerprint density at radius 3 is 2.75 bits per heavy atom. The van der Waals surface area contributed by atoms with E-state index in [0.29, 0.717) is 12.5 Å². The molecule has 0 saturated heterocycles. The Bertz CT molecular complexity index is 372. The highest BCUT2D eigenvalue weighted by Gasteiger charge is 2.37. The number of nitrogens with zero attached hydrogens (tertiary/aromatic N) is 1. The summed E-state index contributed by atoms with van der Waals surface area (Å²) >= 11 is 3.40. The van der Waals surface area contributed by atoms with Crippen molar-refractivity contribution in [3.8, 4) is 5.88 Å². The zero-order valence-electron chi connectivity index (χ0n) is 9.37. The van der Waals surface area contributed by atoms with Crippen LogP contribution in [0.5, 0.6) is 5.88 Å². The van der Waals surface area contributed by atoms with E-state index in [1.165, 1.54) is 6.42 Å². The van der Waals surface area contributed by atoms with Crippen molar-refractivity contribution in [2.24, 2.45) is 5.41 Å². The van der Waals surface area contributed by atoms with Crippen LogP contribution in [0.3, 0.4) is 0 Å². The lowest BCUT2D eigenvalue weighted by Gasteiger charge is -2.39. The van der Waals surface area contributed by atoms with E-state index in [9.17, 15) is 5.11 Å². The fraction of sp³-hybridized carbons (Fsp3) is 0.583. The van der Waals surface area contributed by atoms with Crippen molar-refractivity contribution < 1.29 is 9.84 Å².